The van der Waals surface area contributed by atoms with Gasteiger partial charge in [0.05, 0.1) is 12.6 Å². The molecule has 3 heterocycles. The van der Waals surface area contributed by atoms with E-state index in [2.05, 4.69) is 16.5 Å². The van der Waals surface area contributed by atoms with Crippen molar-refractivity contribution in [3.8, 4) is 5.75 Å². The van der Waals surface area contributed by atoms with Crippen LogP contribution >= 0.6 is 11.3 Å². The van der Waals surface area contributed by atoms with E-state index in [9.17, 15) is 9.59 Å². The minimum Gasteiger partial charge on any atom is -0.492 e. The van der Waals surface area contributed by atoms with Crippen LogP contribution in [0.4, 0.5) is 0 Å². The van der Waals surface area contributed by atoms with Crippen LogP contribution in [0.15, 0.2) is 64.1 Å². The third kappa shape index (κ3) is 3.99. The number of amides is 1. The molecule has 0 radical (unpaired) electrons. The minimum atomic E-state index is -0.246. The van der Waals surface area contributed by atoms with Gasteiger partial charge in [0.2, 0.25) is 0 Å². The Labute approximate surface area is 167 Å². The Bertz CT molecular complexity index is 986. The molecule has 0 aliphatic carbocycles. The molecule has 7 heteroatoms. The maximum Gasteiger partial charge on any atom is 0.274 e. The molecule has 1 aliphatic heterocycles. The Morgan fingerprint density at radius 2 is 2.04 bits per heavy atom. The van der Waals surface area contributed by atoms with Crippen molar-refractivity contribution in [3.05, 3.63) is 80.9 Å². The predicted molar refractivity (Wildman–Crippen MR) is 108 cm³/mol. The lowest BCUT2D eigenvalue weighted by Crippen LogP contribution is -2.34. The molecule has 1 aromatic carbocycles. The number of para-hydroxylation sites is 1. The Kier molecular flexibility index (Phi) is 5.53. The van der Waals surface area contributed by atoms with Crippen molar-refractivity contribution in [2.45, 2.75) is 25.4 Å². The van der Waals surface area contributed by atoms with Gasteiger partial charge in [-0.05, 0) is 53.4 Å². The van der Waals surface area contributed by atoms with Gasteiger partial charge in [0.1, 0.15) is 18.1 Å². The lowest BCUT2D eigenvalue weighted by Gasteiger charge is -2.24. The first-order valence-corrected chi connectivity index (χ1v) is 10.3. The maximum atomic E-state index is 13.0. The van der Waals surface area contributed by atoms with E-state index in [-0.39, 0.29) is 24.1 Å². The molecular formula is C21H21N3O3S. The number of thiophene rings is 1. The van der Waals surface area contributed by atoms with Gasteiger partial charge >= 0.3 is 0 Å². The minimum absolute atomic E-state index is 0.0855. The van der Waals surface area contributed by atoms with E-state index in [0.717, 1.165) is 18.6 Å². The summed E-state index contributed by atoms with van der Waals surface area (Å²) in [6.07, 6.45) is 1.92. The van der Waals surface area contributed by atoms with E-state index in [4.69, 9.17) is 4.74 Å². The molecule has 0 spiro atoms. The van der Waals surface area contributed by atoms with Gasteiger partial charge in [-0.3, -0.25) is 9.59 Å². The van der Waals surface area contributed by atoms with Crippen molar-refractivity contribution in [1.82, 2.24) is 14.7 Å². The average Bonchev–Trinajstić information content (AvgIpc) is 3.41. The smallest absolute Gasteiger partial charge is 0.274 e. The van der Waals surface area contributed by atoms with E-state index < -0.39 is 0 Å². The Hall–Kier alpha value is -2.93. The van der Waals surface area contributed by atoms with E-state index in [1.54, 1.807) is 11.3 Å². The zero-order valence-electron chi connectivity index (χ0n) is 15.4. The van der Waals surface area contributed by atoms with Crippen molar-refractivity contribution in [3.63, 3.8) is 0 Å². The molecule has 0 N–H and O–H groups in total. The summed E-state index contributed by atoms with van der Waals surface area (Å²) in [5.41, 5.74) is 1.21. The molecule has 3 aromatic rings. The Morgan fingerprint density at radius 3 is 2.82 bits per heavy atom. The van der Waals surface area contributed by atoms with Gasteiger partial charge in [-0.25, -0.2) is 4.68 Å². The van der Waals surface area contributed by atoms with Gasteiger partial charge in [0, 0.05) is 12.6 Å². The van der Waals surface area contributed by atoms with Gasteiger partial charge in [-0.15, -0.1) is 0 Å². The maximum absolute atomic E-state index is 13.0. The zero-order chi connectivity index (χ0) is 19.3. The molecule has 1 aliphatic rings. The summed E-state index contributed by atoms with van der Waals surface area (Å²) < 4.78 is 6.93. The quantitative estimate of drug-likeness (QED) is 0.642. The second-order valence-corrected chi connectivity index (χ2v) is 7.43. The topological polar surface area (TPSA) is 64.4 Å². The lowest BCUT2D eigenvalue weighted by molar-refractivity contribution is 0.0726. The highest BCUT2D eigenvalue weighted by Crippen LogP contribution is 2.33. The van der Waals surface area contributed by atoms with E-state index in [1.807, 2.05) is 40.6 Å². The van der Waals surface area contributed by atoms with Crippen LogP contribution in [0.5, 0.6) is 5.75 Å². The summed E-state index contributed by atoms with van der Waals surface area (Å²) in [6, 6.07) is 14.5. The third-order valence-electron chi connectivity index (χ3n) is 4.84. The van der Waals surface area contributed by atoms with Crippen LogP contribution in [0.3, 0.4) is 0 Å². The highest BCUT2D eigenvalue weighted by molar-refractivity contribution is 7.08. The highest BCUT2D eigenvalue weighted by atomic mass is 32.1. The first-order chi connectivity index (χ1) is 13.7. The third-order valence-corrected chi connectivity index (χ3v) is 5.54. The number of nitrogens with zero attached hydrogens (tertiary/aromatic N) is 3. The molecule has 1 amide bonds. The summed E-state index contributed by atoms with van der Waals surface area (Å²) in [5.74, 6) is 0.602. The fourth-order valence-electron chi connectivity index (χ4n) is 3.46. The first kappa shape index (κ1) is 18.4. The van der Waals surface area contributed by atoms with Crippen molar-refractivity contribution in [1.29, 1.82) is 0 Å². The van der Waals surface area contributed by atoms with E-state index in [0.29, 0.717) is 18.8 Å². The highest BCUT2D eigenvalue weighted by Gasteiger charge is 2.31. The molecule has 0 bridgehead atoms. The van der Waals surface area contributed by atoms with E-state index >= 15 is 0 Å². The predicted octanol–water partition coefficient (Wildman–Crippen LogP) is 3.36. The van der Waals surface area contributed by atoms with Crippen molar-refractivity contribution >= 4 is 17.2 Å². The van der Waals surface area contributed by atoms with Crippen LogP contribution in [-0.2, 0) is 6.54 Å². The largest absolute Gasteiger partial charge is 0.492 e. The standard InChI is InChI=1S/C21H21N3O3S/c25-20-9-8-18(22-24(20)12-13-27-17-5-2-1-3-6-17)21(26)23-11-4-7-19(23)16-10-14-28-15-16/h1-3,5-6,8-10,14-15,19H,4,7,11-13H2. The fraction of sp³-hybridized carbons (Fsp3) is 0.286. The van der Waals surface area contributed by atoms with Crippen LogP contribution < -0.4 is 10.3 Å². The number of carbonyl (C=O) groups excluding carboxylic acids is 1. The van der Waals surface area contributed by atoms with Crippen LogP contribution in [0.2, 0.25) is 0 Å². The normalized spacial score (nSPS) is 16.3. The molecule has 28 heavy (non-hydrogen) atoms. The number of aromatic nitrogens is 2. The number of rotatable bonds is 6. The Morgan fingerprint density at radius 1 is 1.18 bits per heavy atom. The number of likely N-dealkylation sites (tertiary alicyclic amines) is 1. The van der Waals surface area contributed by atoms with Crippen LogP contribution in [-0.4, -0.2) is 33.7 Å². The molecule has 144 valence electrons. The lowest BCUT2D eigenvalue weighted by atomic mass is 10.1. The molecule has 1 atom stereocenters. The van der Waals surface area contributed by atoms with Crippen LogP contribution in [0.1, 0.15) is 34.9 Å². The first-order valence-electron chi connectivity index (χ1n) is 9.31. The molecular weight excluding hydrogens is 374 g/mol. The second kappa shape index (κ2) is 8.39. The van der Waals surface area contributed by atoms with Gasteiger partial charge in [0.25, 0.3) is 11.5 Å². The number of carbonyl (C=O) groups is 1. The molecule has 0 saturated carbocycles. The average molecular weight is 395 g/mol. The zero-order valence-corrected chi connectivity index (χ0v) is 16.2. The Balaban J connectivity index is 1.47. The van der Waals surface area contributed by atoms with Gasteiger partial charge in [-0.2, -0.15) is 16.4 Å². The van der Waals surface area contributed by atoms with Crippen molar-refractivity contribution in [2.24, 2.45) is 0 Å². The summed E-state index contributed by atoms with van der Waals surface area (Å²) in [6.45, 7) is 1.29. The van der Waals surface area contributed by atoms with Gasteiger partial charge < -0.3 is 9.64 Å². The van der Waals surface area contributed by atoms with Gasteiger partial charge in [0.15, 0.2) is 0 Å². The molecule has 1 fully saturated rings. The summed E-state index contributed by atoms with van der Waals surface area (Å²) >= 11 is 1.63. The van der Waals surface area contributed by atoms with Crippen LogP contribution in [0.25, 0.3) is 0 Å². The monoisotopic (exact) mass is 395 g/mol. The number of hydrogen-bond donors (Lipinski definition) is 0. The molecule has 2 aromatic heterocycles. The fourth-order valence-corrected chi connectivity index (χ4v) is 4.17. The van der Waals surface area contributed by atoms with Crippen molar-refractivity contribution in [2.75, 3.05) is 13.2 Å². The van der Waals surface area contributed by atoms with Crippen molar-refractivity contribution < 1.29 is 9.53 Å². The number of ether oxygens (including phenoxy) is 1. The second-order valence-electron chi connectivity index (χ2n) is 6.65. The molecule has 6 nitrogen and oxygen atoms in total. The number of hydrogen-bond acceptors (Lipinski definition) is 5. The summed E-state index contributed by atoms with van der Waals surface area (Å²) in [7, 11) is 0. The number of benzene rings is 1. The van der Waals surface area contributed by atoms with Gasteiger partial charge in [-0.1, -0.05) is 18.2 Å². The molecule has 1 saturated heterocycles. The summed E-state index contributed by atoms with van der Waals surface area (Å²) in [5, 5.41) is 8.42. The molecule has 4 rings (SSSR count). The summed E-state index contributed by atoms with van der Waals surface area (Å²) in [4.78, 5) is 27.0. The molecule has 1 unspecified atom stereocenters. The van der Waals surface area contributed by atoms with Crippen LogP contribution in [0, 0.1) is 0 Å². The SMILES string of the molecule is O=C(c1ccc(=O)n(CCOc2ccccc2)n1)N1CCCC1c1ccsc1. The van der Waals surface area contributed by atoms with E-state index in [1.165, 1.54) is 22.4 Å².